The highest BCUT2D eigenvalue weighted by atomic mass is 35.5. The van der Waals surface area contributed by atoms with Gasteiger partial charge >= 0.3 is 0 Å². The second-order valence-corrected chi connectivity index (χ2v) is 4.63. The Labute approximate surface area is 95.2 Å². The number of halogens is 1. The summed E-state index contributed by atoms with van der Waals surface area (Å²) in [6.45, 7) is 5.35. The molecule has 0 fully saturated rings. The first-order valence-corrected chi connectivity index (χ1v) is 5.21. The number of ketones is 1. The Kier molecular flexibility index (Phi) is 3.75. The molecule has 1 rings (SSSR count). The zero-order chi connectivity index (χ0) is 11.5. The third-order valence-corrected chi connectivity index (χ3v) is 2.13. The van der Waals surface area contributed by atoms with Crippen LogP contribution in [0, 0.1) is 0 Å². The summed E-state index contributed by atoms with van der Waals surface area (Å²) in [5.74, 6) is 0.847. The summed E-state index contributed by atoms with van der Waals surface area (Å²) in [4.78, 5) is 11.0. The van der Waals surface area contributed by atoms with Gasteiger partial charge in [-0.25, -0.2) is 0 Å². The summed E-state index contributed by atoms with van der Waals surface area (Å²) >= 11 is 5.76. The molecule has 0 saturated carbocycles. The molecular weight excluding hydrogens is 212 g/mol. The van der Waals surface area contributed by atoms with Gasteiger partial charge in [0, 0.05) is 11.4 Å². The standard InChI is InChI=1S/C12H15ClO2/c1-9(14)8-12(2,3)15-11-6-4-10(13)5-7-11/h4-7H,8H2,1-3H3. The lowest BCUT2D eigenvalue weighted by Crippen LogP contribution is -2.30. The van der Waals surface area contributed by atoms with Crippen molar-refractivity contribution < 1.29 is 9.53 Å². The first-order chi connectivity index (χ1) is 6.89. The average Bonchev–Trinajstić information content (AvgIpc) is 2.06. The molecule has 0 aromatic heterocycles. The molecule has 0 atom stereocenters. The van der Waals surface area contributed by atoms with Crippen LogP contribution < -0.4 is 4.74 Å². The predicted octanol–water partition coefficient (Wildman–Crippen LogP) is 3.48. The number of carbonyl (C=O) groups is 1. The summed E-state index contributed by atoms with van der Waals surface area (Å²) < 4.78 is 5.69. The Balaban J connectivity index is 2.68. The van der Waals surface area contributed by atoms with Crippen LogP contribution in [0.2, 0.25) is 5.02 Å². The SMILES string of the molecule is CC(=O)CC(C)(C)Oc1ccc(Cl)cc1. The Morgan fingerprint density at radius 3 is 2.33 bits per heavy atom. The van der Waals surface area contributed by atoms with E-state index in [0.29, 0.717) is 11.4 Å². The lowest BCUT2D eigenvalue weighted by molar-refractivity contribution is -0.120. The van der Waals surface area contributed by atoms with Gasteiger partial charge in [0.2, 0.25) is 0 Å². The second kappa shape index (κ2) is 4.67. The minimum Gasteiger partial charge on any atom is -0.487 e. The first kappa shape index (κ1) is 12.1. The van der Waals surface area contributed by atoms with Gasteiger partial charge in [-0.1, -0.05) is 11.6 Å². The van der Waals surface area contributed by atoms with E-state index >= 15 is 0 Å². The molecule has 2 nitrogen and oxygen atoms in total. The monoisotopic (exact) mass is 226 g/mol. The van der Waals surface area contributed by atoms with Crippen molar-refractivity contribution in [2.75, 3.05) is 0 Å². The molecule has 0 aliphatic carbocycles. The second-order valence-electron chi connectivity index (χ2n) is 4.19. The highest BCUT2D eigenvalue weighted by molar-refractivity contribution is 6.30. The minimum atomic E-state index is -0.473. The number of hydrogen-bond acceptors (Lipinski definition) is 2. The third-order valence-electron chi connectivity index (χ3n) is 1.88. The largest absolute Gasteiger partial charge is 0.487 e. The quantitative estimate of drug-likeness (QED) is 0.786. The zero-order valence-corrected chi connectivity index (χ0v) is 9.97. The minimum absolute atomic E-state index is 0.119. The van der Waals surface area contributed by atoms with Crippen LogP contribution in [0.5, 0.6) is 5.75 Å². The van der Waals surface area contributed by atoms with Crippen LogP contribution in [0.3, 0.4) is 0 Å². The Morgan fingerprint density at radius 1 is 1.33 bits per heavy atom. The predicted molar refractivity (Wildman–Crippen MR) is 61.5 cm³/mol. The molecule has 1 aromatic carbocycles. The van der Waals surface area contributed by atoms with E-state index in [-0.39, 0.29) is 5.78 Å². The van der Waals surface area contributed by atoms with E-state index in [2.05, 4.69) is 0 Å². The molecule has 0 aliphatic heterocycles. The lowest BCUT2D eigenvalue weighted by Gasteiger charge is -2.25. The zero-order valence-electron chi connectivity index (χ0n) is 9.21. The summed E-state index contributed by atoms with van der Waals surface area (Å²) in [7, 11) is 0. The van der Waals surface area contributed by atoms with Crippen LogP contribution in [0.4, 0.5) is 0 Å². The van der Waals surface area contributed by atoms with E-state index in [4.69, 9.17) is 16.3 Å². The van der Waals surface area contributed by atoms with Crippen molar-refractivity contribution in [3.05, 3.63) is 29.3 Å². The van der Waals surface area contributed by atoms with Gasteiger partial charge in [0.1, 0.15) is 17.1 Å². The van der Waals surface area contributed by atoms with Crippen LogP contribution in [-0.4, -0.2) is 11.4 Å². The molecule has 0 aliphatic rings. The van der Waals surface area contributed by atoms with Crippen LogP contribution in [0.25, 0.3) is 0 Å². The molecule has 0 saturated heterocycles. The van der Waals surface area contributed by atoms with E-state index in [1.54, 1.807) is 31.2 Å². The molecule has 82 valence electrons. The topological polar surface area (TPSA) is 26.3 Å². The molecule has 1 aromatic rings. The highest BCUT2D eigenvalue weighted by Gasteiger charge is 2.21. The molecule has 0 spiro atoms. The molecule has 0 unspecified atom stereocenters. The van der Waals surface area contributed by atoms with Crippen LogP contribution >= 0.6 is 11.6 Å². The van der Waals surface area contributed by atoms with Crippen LogP contribution in [0.1, 0.15) is 27.2 Å². The van der Waals surface area contributed by atoms with Crippen molar-refractivity contribution in [3.8, 4) is 5.75 Å². The van der Waals surface area contributed by atoms with Crippen molar-refractivity contribution in [3.63, 3.8) is 0 Å². The number of benzene rings is 1. The van der Waals surface area contributed by atoms with E-state index in [0.717, 1.165) is 5.75 Å². The molecule has 0 bridgehead atoms. The average molecular weight is 227 g/mol. The highest BCUT2D eigenvalue weighted by Crippen LogP contribution is 2.22. The first-order valence-electron chi connectivity index (χ1n) is 4.83. The fraction of sp³-hybridized carbons (Fsp3) is 0.417. The smallest absolute Gasteiger partial charge is 0.133 e. The van der Waals surface area contributed by atoms with Crippen molar-refractivity contribution in [1.82, 2.24) is 0 Å². The molecule has 0 amide bonds. The van der Waals surface area contributed by atoms with Gasteiger partial charge < -0.3 is 4.74 Å². The van der Waals surface area contributed by atoms with Crippen LogP contribution in [0.15, 0.2) is 24.3 Å². The lowest BCUT2D eigenvalue weighted by atomic mass is 10.0. The van der Waals surface area contributed by atoms with Crippen molar-refractivity contribution >= 4 is 17.4 Å². The van der Waals surface area contributed by atoms with Crippen molar-refractivity contribution in [1.29, 1.82) is 0 Å². The maximum atomic E-state index is 11.0. The summed E-state index contributed by atoms with van der Waals surface area (Å²) in [6.07, 6.45) is 0.398. The van der Waals surface area contributed by atoms with Gasteiger partial charge in [-0.15, -0.1) is 0 Å². The fourth-order valence-corrected chi connectivity index (χ4v) is 1.58. The number of rotatable bonds is 4. The molecule has 0 N–H and O–H groups in total. The van der Waals surface area contributed by atoms with Gasteiger partial charge in [-0.2, -0.15) is 0 Å². The maximum Gasteiger partial charge on any atom is 0.133 e. The number of carbonyl (C=O) groups excluding carboxylic acids is 1. The molecule has 0 heterocycles. The Hall–Kier alpha value is -1.02. The third kappa shape index (κ3) is 4.34. The van der Waals surface area contributed by atoms with Gasteiger partial charge in [0.25, 0.3) is 0 Å². The normalized spacial score (nSPS) is 11.2. The van der Waals surface area contributed by atoms with Crippen molar-refractivity contribution in [2.45, 2.75) is 32.8 Å². The van der Waals surface area contributed by atoms with E-state index in [1.165, 1.54) is 0 Å². The number of Topliss-reactive ketones (excluding diaryl/α,β-unsaturated/α-hetero) is 1. The van der Waals surface area contributed by atoms with E-state index in [9.17, 15) is 4.79 Å². The number of hydrogen-bond donors (Lipinski definition) is 0. The molecule has 15 heavy (non-hydrogen) atoms. The van der Waals surface area contributed by atoms with Crippen LogP contribution in [-0.2, 0) is 4.79 Å². The van der Waals surface area contributed by atoms with E-state index in [1.807, 2.05) is 13.8 Å². The van der Waals surface area contributed by atoms with Gasteiger partial charge in [0.05, 0.1) is 0 Å². The van der Waals surface area contributed by atoms with Gasteiger partial charge in [0.15, 0.2) is 0 Å². The fourth-order valence-electron chi connectivity index (χ4n) is 1.46. The number of ether oxygens (including phenoxy) is 1. The van der Waals surface area contributed by atoms with E-state index < -0.39 is 5.60 Å². The Bertz CT molecular complexity index is 341. The maximum absolute atomic E-state index is 11.0. The molecule has 3 heteroatoms. The summed E-state index contributed by atoms with van der Waals surface area (Å²) in [5.41, 5.74) is -0.473. The Morgan fingerprint density at radius 2 is 1.87 bits per heavy atom. The summed E-state index contributed by atoms with van der Waals surface area (Å²) in [6, 6.07) is 7.12. The molecule has 0 radical (unpaired) electrons. The van der Waals surface area contributed by atoms with Crippen molar-refractivity contribution in [2.24, 2.45) is 0 Å². The molecular formula is C12H15ClO2. The van der Waals surface area contributed by atoms with Gasteiger partial charge in [-0.05, 0) is 45.0 Å². The van der Waals surface area contributed by atoms with Gasteiger partial charge in [-0.3, -0.25) is 4.79 Å². The summed E-state index contributed by atoms with van der Waals surface area (Å²) in [5, 5.41) is 0.673.